The fraction of sp³-hybridized carbons (Fsp3) is 0.500. The number of nitrogens with two attached hydrogens (primary N) is 1. The highest BCUT2D eigenvalue weighted by molar-refractivity contribution is 5.30. The number of ether oxygens (including phenoxy) is 1. The number of nitrogens with zero attached hydrogens (tertiary/aromatic N) is 3. The molecular weight excluding hydrogens is 256 g/mol. The molecule has 6 heteroatoms. The summed E-state index contributed by atoms with van der Waals surface area (Å²) in [4.78, 5) is 8.61. The number of pyridine rings is 1. The first kappa shape index (κ1) is 14.5. The summed E-state index contributed by atoms with van der Waals surface area (Å²) in [6.45, 7) is 6.01. The van der Waals surface area contributed by atoms with Gasteiger partial charge in [0.2, 0.25) is 0 Å². The second-order valence-corrected chi connectivity index (χ2v) is 4.79. The van der Waals surface area contributed by atoms with Crippen molar-refractivity contribution < 1.29 is 9.26 Å². The Bertz CT molecular complexity index is 568. The Morgan fingerprint density at radius 3 is 2.75 bits per heavy atom. The predicted molar refractivity (Wildman–Crippen MR) is 74.3 cm³/mol. The normalized spacial score (nSPS) is 12.4. The molecule has 108 valence electrons. The van der Waals surface area contributed by atoms with Crippen molar-refractivity contribution in [3.63, 3.8) is 0 Å². The van der Waals surface area contributed by atoms with Crippen molar-refractivity contribution in [2.75, 3.05) is 0 Å². The lowest BCUT2D eigenvalue weighted by Crippen LogP contribution is -2.22. The van der Waals surface area contributed by atoms with E-state index in [2.05, 4.69) is 22.0 Å². The lowest BCUT2D eigenvalue weighted by molar-refractivity contribution is 0.239. The van der Waals surface area contributed by atoms with Gasteiger partial charge in [0.15, 0.2) is 12.4 Å². The van der Waals surface area contributed by atoms with Gasteiger partial charge in [-0.15, -0.1) is 0 Å². The zero-order valence-corrected chi connectivity index (χ0v) is 12.1. The summed E-state index contributed by atoms with van der Waals surface area (Å²) >= 11 is 0. The van der Waals surface area contributed by atoms with Gasteiger partial charge in [0.1, 0.15) is 5.75 Å². The van der Waals surface area contributed by atoms with E-state index in [1.165, 1.54) is 0 Å². The van der Waals surface area contributed by atoms with Crippen molar-refractivity contribution in [1.29, 1.82) is 0 Å². The van der Waals surface area contributed by atoms with Gasteiger partial charge in [0.05, 0.1) is 5.69 Å². The Labute approximate surface area is 118 Å². The Morgan fingerprint density at radius 2 is 2.10 bits per heavy atom. The van der Waals surface area contributed by atoms with Crippen LogP contribution in [0.5, 0.6) is 5.75 Å². The first-order valence-electron chi connectivity index (χ1n) is 6.72. The lowest BCUT2D eigenvalue weighted by atomic mass is 10.1. The Morgan fingerprint density at radius 1 is 1.30 bits per heavy atom. The molecule has 6 nitrogen and oxygen atoms in total. The standard InChI is InChI=1S/C14H20N4O2/c1-4-11(15)7-12-13(6-5-9(2)16-12)19-8-14-17-10(3)18-20-14/h5-6,11H,4,7-8,15H2,1-3H3. The number of rotatable bonds is 6. The Kier molecular flexibility index (Phi) is 4.68. The molecule has 0 bridgehead atoms. The summed E-state index contributed by atoms with van der Waals surface area (Å²) < 4.78 is 10.7. The fourth-order valence-corrected chi connectivity index (χ4v) is 1.81. The van der Waals surface area contributed by atoms with Crippen LogP contribution < -0.4 is 10.5 Å². The van der Waals surface area contributed by atoms with Crippen LogP contribution in [0.3, 0.4) is 0 Å². The maximum Gasteiger partial charge on any atom is 0.264 e. The molecule has 0 aliphatic rings. The molecule has 2 aromatic heterocycles. The number of hydrogen-bond donors (Lipinski definition) is 1. The molecular formula is C14H20N4O2. The van der Waals surface area contributed by atoms with Gasteiger partial charge in [0.25, 0.3) is 5.89 Å². The van der Waals surface area contributed by atoms with Gasteiger partial charge < -0.3 is 15.0 Å². The molecule has 0 saturated heterocycles. The van der Waals surface area contributed by atoms with Crippen LogP contribution in [0.1, 0.15) is 36.4 Å². The maximum absolute atomic E-state index is 6.00. The van der Waals surface area contributed by atoms with Gasteiger partial charge in [-0.05, 0) is 32.4 Å². The zero-order valence-electron chi connectivity index (χ0n) is 12.1. The van der Waals surface area contributed by atoms with Crippen LogP contribution in [-0.2, 0) is 13.0 Å². The lowest BCUT2D eigenvalue weighted by Gasteiger charge is -2.13. The van der Waals surface area contributed by atoms with Gasteiger partial charge >= 0.3 is 0 Å². The fourth-order valence-electron chi connectivity index (χ4n) is 1.81. The SMILES string of the molecule is CCC(N)Cc1nc(C)ccc1OCc1nc(C)no1. The van der Waals surface area contributed by atoms with Crippen LogP contribution in [0.15, 0.2) is 16.7 Å². The first-order valence-corrected chi connectivity index (χ1v) is 6.72. The molecule has 0 amide bonds. The van der Waals surface area contributed by atoms with Gasteiger partial charge in [0, 0.05) is 18.2 Å². The van der Waals surface area contributed by atoms with Crippen LogP contribution in [-0.4, -0.2) is 21.2 Å². The molecule has 0 radical (unpaired) electrons. The monoisotopic (exact) mass is 276 g/mol. The summed E-state index contributed by atoms with van der Waals surface area (Å²) in [5, 5.41) is 3.73. The second kappa shape index (κ2) is 6.47. The third-order valence-corrected chi connectivity index (χ3v) is 2.97. The summed E-state index contributed by atoms with van der Waals surface area (Å²) in [5.74, 6) is 1.77. The van der Waals surface area contributed by atoms with Crippen molar-refractivity contribution in [3.8, 4) is 5.75 Å². The highest BCUT2D eigenvalue weighted by atomic mass is 16.5. The van der Waals surface area contributed by atoms with E-state index in [0.717, 1.165) is 23.6 Å². The molecule has 2 aromatic rings. The first-order chi connectivity index (χ1) is 9.58. The summed E-state index contributed by atoms with van der Waals surface area (Å²) in [6.07, 6.45) is 1.59. The molecule has 1 atom stereocenters. The van der Waals surface area contributed by atoms with E-state index in [9.17, 15) is 0 Å². The molecule has 2 heterocycles. The van der Waals surface area contributed by atoms with Crippen molar-refractivity contribution >= 4 is 0 Å². The molecule has 20 heavy (non-hydrogen) atoms. The van der Waals surface area contributed by atoms with E-state index < -0.39 is 0 Å². The smallest absolute Gasteiger partial charge is 0.264 e. The second-order valence-electron chi connectivity index (χ2n) is 4.79. The van der Waals surface area contributed by atoms with Crippen LogP contribution in [0.4, 0.5) is 0 Å². The zero-order chi connectivity index (χ0) is 14.5. The van der Waals surface area contributed by atoms with Gasteiger partial charge in [-0.1, -0.05) is 12.1 Å². The third kappa shape index (κ3) is 3.77. The third-order valence-electron chi connectivity index (χ3n) is 2.97. The minimum Gasteiger partial charge on any atom is -0.482 e. The van der Waals surface area contributed by atoms with E-state index in [1.807, 2.05) is 19.1 Å². The average molecular weight is 276 g/mol. The number of aromatic nitrogens is 3. The largest absolute Gasteiger partial charge is 0.482 e. The highest BCUT2D eigenvalue weighted by Crippen LogP contribution is 2.20. The molecule has 0 aliphatic carbocycles. The van der Waals surface area contributed by atoms with Crippen LogP contribution in [0, 0.1) is 13.8 Å². The topological polar surface area (TPSA) is 87.1 Å². The van der Waals surface area contributed by atoms with Crippen molar-refractivity contribution in [2.45, 2.75) is 46.3 Å². The van der Waals surface area contributed by atoms with Crippen LogP contribution >= 0.6 is 0 Å². The Hall–Kier alpha value is -1.95. The molecule has 0 aromatic carbocycles. The van der Waals surface area contributed by atoms with E-state index in [1.54, 1.807) is 6.92 Å². The van der Waals surface area contributed by atoms with Crippen LogP contribution in [0.25, 0.3) is 0 Å². The Balaban J connectivity index is 2.09. The predicted octanol–water partition coefficient (Wildman–Crippen LogP) is 1.94. The van der Waals surface area contributed by atoms with Gasteiger partial charge in [-0.2, -0.15) is 4.98 Å². The van der Waals surface area contributed by atoms with Gasteiger partial charge in [-0.25, -0.2) is 0 Å². The molecule has 0 fully saturated rings. The molecule has 2 rings (SSSR count). The summed E-state index contributed by atoms with van der Waals surface area (Å²) in [7, 11) is 0. The highest BCUT2D eigenvalue weighted by Gasteiger charge is 2.11. The number of hydrogen-bond acceptors (Lipinski definition) is 6. The molecule has 1 unspecified atom stereocenters. The number of aryl methyl sites for hydroxylation is 2. The van der Waals surface area contributed by atoms with E-state index >= 15 is 0 Å². The maximum atomic E-state index is 6.00. The minimum atomic E-state index is 0.0808. The van der Waals surface area contributed by atoms with Crippen molar-refractivity contribution in [3.05, 3.63) is 35.2 Å². The quantitative estimate of drug-likeness (QED) is 0.867. The van der Waals surface area contributed by atoms with Crippen molar-refractivity contribution in [2.24, 2.45) is 5.73 Å². The van der Waals surface area contributed by atoms with E-state index in [4.69, 9.17) is 15.0 Å². The molecule has 2 N–H and O–H groups in total. The van der Waals surface area contributed by atoms with E-state index in [-0.39, 0.29) is 12.6 Å². The minimum absolute atomic E-state index is 0.0808. The average Bonchev–Trinajstić information content (AvgIpc) is 2.83. The van der Waals surface area contributed by atoms with Crippen LogP contribution in [0.2, 0.25) is 0 Å². The van der Waals surface area contributed by atoms with E-state index in [0.29, 0.717) is 18.1 Å². The molecule has 0 aliphatic heterocycles. The molecule has 0 spiro atoms. The summed E-state index contributed by atoms with van der Waals surface area (Å²) in [6, 6.07) is 3.90. The van der Waals surface area contributed by atoms with Gasteiger partial charge in [-0.3, -0.25) is 4.98 Å². The molecule has 0 saturated carbocycles. The summed E-state index contributed by atoms with van der Waals surface area (Å²) in [5.41, 5.74) is 7.82. The van der Waals surface area contributed by atoms with Crippen molar-refractivity contribution in [1.82, 2.24) is 15.1 Å².